The van der Waals surface area contributed by atoms with Crippen LogP contribution in [0.4, 0.5) is 5.82 Å². The summed E-state index contributed by atoms with van der Waals surface area (Å²) in [5.74, 6) is 1.48. The summed E-state index contributed by atoms with van der Waals surface area (Å²) in [6.45, 7) is 7.31. The second kappa shape index (κ2) is 7.38. The first-order valence-corrected chi connectivity index (χ1v) is 7.66. The molecule has 0 saturated carbocycles. The lowest BCUT2D eigenvalue weighted by molar-refractivity contribution is 0.177. The molecule has 5 nitrogen and oxygen atoms in total. The number of aromatic nitrogens is 3. The fourth-order valence-corrected chi connectivity index (χ4v) is 2.92. The minimum atomic E-state index is 0.396. The van der Waals surface area contributed by atoms with Gasteiger partial charge >= 0.3 is 0 Å². The first kappa shape index (κ1) is 15.7. The molecule has 0 fully saturated rings. The van der Waals surface area contributed by atoms with Gasteiger partial charge in [-0.05, 0) is 50.2 Å². The number of pyridine rings is 1. The quantitative estimate of drug-likeness (QED) is 0.827. The summed E-state index contributed by atoms with van der Waals surface area (Å²) < 4.78 is 5.13. The number of ether oxygens (including phenoxy) is 1. The molecule has 0 bridgehead atoms. The molecule has 0 aliphatic carbocycles. The lowest BCUT2D eigenvalue weighted by Crippen LogP contribution is -2.05. The molecule has 2 rings (SSSR count). The van der Waals surface area contributed by atoms with Gasteiger partial charge in [0, 0.05) is 25.4 Å². The Morgan fingerprint density at radius 2 is 1.86 bits per heavy atom. The molecule has 0 aliphatic heterocycles. The molecular weight excluding hydrogens is 284 g/mol. The number of hydrogen-bond donors (Lipinski definition) is 1. The molecule has 0 spiro atoms. The Kier molecular flexibility index (Phi) is 5.52. The van der Waals surface area contributed by atoms with Crippen LogP contribution in [-0.2, 0) is 11.3 Å². The van der Waals surface area contributed by atoms with Crippen LogP contribution in [0.1, 0.15) is 24.0 Å². The SMILES string of the molecule is CCNc1cc(Sc2cc(C)cc(C)n2)nc(COC)n1. The maximum absolute atomic E-state index is 5.13. The summed E-state index contributed by atoms with van der Waals surface area (Å²) in [5, 5.41) is 5.02. The summed E-state index contributed by atoms with van der Waals surface area (Å²) in [5.41, 5.74) is 2.21. The Bertz CT molecular complexity index is 574. The van der Waals surface area contributed by atoms with Crippen molar-refractivity contribution in [1.29, 1.82) is 0 Å². The Balaban J connectivity index is 2.28. The van der Waals surface area contributed by atoms with Crippen LogP contribution < -0.4 is 5.32 Å². The average molecular weight is 304 g/mol. The van der Waals surface area contributed by atoms with E-state index in [0.29, 0.717) is 12.4 Å². The van der Waals surface area contributed by atoms with Crippen molar-refractivity contribution in [2.75, 3.05) is 19.0 Å². The monoisotopic (exact) mass is 304 g/mol. The zero-order valence-electron chi connectivity index (χ0n) is 12.8. The van der Waals surface area contributed by atoms with Crippen molar-refractivity contribution >= 4 is 17.6 Å². The number of hydrogen-bond acceptors (Lipinski definition) is 6. The van der Waals surface area contributed by atoms with Gasteiger partial charge in [-0.15, -0.1) is 0 Å². The smallest absolute Gasteiger partial charge is 0.157 e. The first-order chi connectivity index (χ1) is 10.1. The molecule has 0 atom stereocenters. The molecule has 0 radical (unpaired) electrons. The number of anilines is 1. The molecule has 0 saturated heterocycles. The van der Waals surface area contributed by atoms with Crippen LogP contribution in [0.15, 0.2) is 28.3 Å². The van der Waals surface area contributed by atoms with Crippen molar-refractivity contribution in [3.8, 4) is 0 Å². The molecule has 112 valence electrons. The van der Waals surface area contributed by atoms with Crippen LogP contribution in [-0.4, -0.2) is 28.6 Å². The molecule has 21 heavy (non-hydrogen) atoms. The van der Waals surface area contributed by atoms with E-state index in [1.807, 2.05) is 19.9 Å². The van der Waals surface area contributed by atoms with Crippen LogP contribution >= 0.6 is 11.8 Å². The summed E-state index contributed by atoms with van der Waals surface area (Å²) >= 11 is 1.54. The van der Waals surface area contributed by atoms with Crippen molar-refractivity contribution < 1.29 is 4.74 Å². The summed E-state index contributed by atoms with van der Waals surface area (Å²) in [6.07, 6.45) is 0. The summed E-state index contributed by atoms with van der Waals surface area (Å²) in [6, 6.07) is 6.06. The summed E-state index contributed by atoms with van der Waals surface area (Å²) in [7, 11) is 1.64. The highest BCUT2D eigenvalue weighted by atomic mass is 32.2. The lowest BCUT2D eigenvalue weighted by atomic mass is 10.3. The third kappa shape index (κ3) is 4.68. The molecule has 1 N–H and O–H groups in total. The third-order valence-corrected chi connectivity index (χ3v) is 3.50. The Labute approximate surface area is 129 Å². The van der Waals surface area contributed by atoms with E-state index in [2.05, 4.69) is 39.3 Å². The van der Waals surface area contributed by atoms with Crippen molar-refractivity contribution in [2.45, 2.75) is 37.4 Å². The van der Waals surface area contributed by atoms with E-state index in [1.54, 1.807) is 7.11 Å². The van der Waals surface area contributed by atoms with E-state index in [0.717, 1.165) is 28.1 Å². The highest BCUT2D eigenvalue weighted by Gasteiger charge is 2.07. The van der Waals surface area contributed by atoms with E-state index in [-0.39, 0.29) is 0 Å². The predicted molar refractivity (Wildman–Crippen MR) is 84.7 cm³/mol. The molecule has 0 aliphatic rings. The van der Waals surface area contributed by atoms with Gasteiger partial charge in [-0.1, -0.05) is 0 Å². The molecule has 2 heterocycles. The van der Waals surface area contributed by atoms with Gasteiger partial charge in [-0.3, -0.25) is 0 Å². The van der Waals surface area contributed by atoms with Gasteiger partial charge in [-0.2, -0.15) is 0 Å². The van der Waals surface area contributed by atoms with E-state index < -0.39 is 0 Å². The van der Waals surface area contributed by atoms with E-state index in [1.165, 1.54) is 17.3 Å². The second-order valence-electron chi connectivity index (χ2n) is 4.70. The Morgan fingerprint density at radius 1 is 1.10 bits per heavy atom. The van der Waals surface area contributed by atoms with Gasteiger partial charge in [-0.25, -0.2) is 15.0 Å². The largest absolute Gasteiger partial charge is 0.377 e. The molecule has 6 heteroatoms. The minimum absolute atomic E-state index is 0.396. The normalized spacial score (nSPS) is 10.7. The molecule has 0 amide bonds. The maximum Gasteiger partial charge on any atom is 0.157 e. The number of nitrogens with zero attached hydrogens (tertiary/aromatic N) is 3. The highest BCUT2D eigenvalue weighted by molar-refractivity contribution is 7.99. The van der Waals surface area contributed by atoms with E-state index in [4.69, 9.17) is 4.74 Å². The molecule has 2 aromatic rings. The number of methoxy groups -OCH3 is 1. The van der Waals surface area contributed by atoms with Crippen molar-refractivity contribution in [3.05, 3.63) is 35.3 Å². The van der Waals surface area contributed by atoms with Gasteiger partial charge in [0.25, 0.3) is 0 Å². The van der Waals surface area contributed by atoms with E-state index in [9.17, 15) is 0 Å². The van der Waals surface area contributed by atoms with E-state index >= 15 is 0 Å². The Hall–Kier alpha value is -1.66. The zero-order valence-corrected chi connectivity index (χ0v) is 13.6. The molecule has 0 aromatic carbocycles. The number of aryl methyl sites for hydroxylation is 2. The lowest BCUT2D eigenvalue weighted by Gasteiger charge is -2.08. The van der Waals surface area contributed by atoms with Crippen LogP contribution in [0.25, 0.3) is 0 Å². The topological polar surface area (TPSA) is 59.9 Å². The fourth-order valence-electron chi connectivity index (χ4n) is 1.95. The number of nitrogens with one attached hydrogen (secondary N) is 1. The summed E-state index contributed by atoms with van der Waals surface area (Å²) in [4.78, 5) is 13.4. The standard InChI is InChI=1S/C15H20N4OS/c1-5-16-12-8-15(19-13(18-12)9-20-4)21-14-7-10(2)6-11(3)17-14/h6-8H,5,9H2,1-4H3,(H,16,18,19). The van der Waals surface area contributed by atoms with Crippen LogP contribution in [0.2, 0.25) is 0 Å². The maximum atomic E-state index is 5.13. The molecule has 0 unspecified atom stereocenters. The van der Waals surface area contributed by atoms with Crippen LogP contribution in [0, 0.1) is 13.8 Å². The van der Waals surface area contributed by atoms with Gasteiger partial charge in [0.1, 0.15) is 22.5 Å². The third-order valence-electron chi connectivity index (χ3n) is 2.66. The average Bonchev–Trinajstić information content (AvgIpc) is 2.37. The highest BCUT2D eigenvalue weighted by Crippen LogP contribution is 2.27. The minimum Gasteiger partial charge on any atom is -0.377 e. The Morgan fingerprint density at radius 3 is 2.52 bits per heavy atom. The van der Waals surface area contributed by atoms with Gasteiger partial charge in [0.15, 0.2) is 5.82 Å². The van der Waals surface area contributed by atoms with Gasteiger partial charge in [0.05, 0.1) is 0 Å². The fraction of sp³-hybridized carbons (Fsp3) is 0.400. The first-order valence-electron chi connectivity index (χ1n) is 6.84. The number of rotatable bonds is 6. The van der Waals surface area contributed by atoms with Crippen LogP contribution in [0.3, 0.4) is 0 Å². The predicted octanol–water partition coefficient (Wildman–Crippen LogP) is 3.22. The van der Waals surface area contributed by atoms with Crippen molar-refractivity contribution in [2.24, 2.45) is 0 Å². The van der Waals surface area contributed by atoms with Gasteiger partial charge < -0.3 is 10.1 Å². The van der Waals surface area contributed by atoms with Crippen LogP contribution in [0.5, 0.6) is 0 Å². The molecular formula is C15H20N4OS. The second-order valence-corrected chi connectivity index (χ2v) is 5.74. The zero-order chi connectivity index (χ0) is 15.2. The van der Waals surface area contributed by atoms with Gasteiger partial charge in [0.2, 0.25) is 0 Å². The molecule has 2 aromatic heterocycles. The van der Waals surface area contributed by atoms with Crippen molar-refractivity contribution in [1.82, 2.24) is 15.0 Å². The van der Waals surface area contributed by atoms with Crippen molar-refractivity contribution in [3.63, 3.8) is 0 Å².